The molecule has 4 aromatic heterocycles. The molecule has 50 heavy (non-hydrogen) atoms. The number of furan rings is 1. The Labute approximate surface area is 292 Å². The molecular weight excluding hydrogens is 631 g/mol. The van der Waals surface area contributed by atoms with Crippen molar-refractivity contribution in [2.75, 3.05) is 0 Å². The Bertz CT molecular complexity index is 2860. The van der Waals surface area contributed by atoms with Crippen molar-refractivity contribution in [3.05, 3.63) is 164 Å². The predicted octanol–water partition coefficient (Wildman–Crippen LogP) is 12.5. The number of para-hydroxylation sites is 1. The number of hydrogen-bond acceptors (Lipinski definition) is 5. The molecule has 0 aliphatic heterocycles. The molecule has 0 atom stereocenters. The molecule has 0 N–H and O–H groups in total. The highest BCUT2D eigenvalue weighted by Gasteiger charge is 2.21. The molecule has 0 amide bonds. The molecule has 0 fully saturated rings. The Balaban J connectivity index is 1.20. The van der Waals surface area contributed by atoms with Crippen LogP contribution in [0, 0.1) is 0 Å². The molecule has 0 saturated heterocycles. The number of aromatic nitrogens is 3. The quantitative estimate of drug-likeness (QED) is 0.185. The third-order valence-corrected chi connectivity index (χ3v) is 10.7. The van der Waals surface area contributed by atoms with Gasteiger partial charge in [0, 0.05) is 60.0 Å². The first kappa shape index (κ1) is 28.6. The minimum absolute atomic E-state index is 0.621. The van der Waals surface area contributed by atoms with Gasteiger partial charge in [-0.25, -0.2) is 9.97 Å². The van der Waals surface area contributed by atoms with Crippen LogP contribution < -0.4 is 0 Å². The van der Waals surface area contributed by atoms with Crippen molar-refractivity contribution in [2.45, 2.75) is 0 Å². The highest BCUT2D eigenvalue weighted by atomic mass is 32.1. The number of nitrogens with zero attached hydrogens (tertiary/aromatic N) is 3. The van der Waals surface area contributed by atoms with Gasteiger partial charge in [-0.1, -0.05) is 115 Å². The van der Waals surface area contributed by atoms with E-state index in [0.29, 0.717) is 5.82 Å². The molecule has 6 aromatic carbocycles. The molecule has 0 unspecified atom stereocenters. The van der Waals surface area contributed by atoms with E-state index in [1.165, 1.54) is 25.7 Å². The van der Waals surface area contributed by atoms with Crippen molar-refractivity contribution in [1.29, 1.82) is 0 Å². The molecular formula is C45H27N3OS. The fourth-order valence-electron chi connectivity index (χ4n) is 7.04. The van der Waals surface area contributed by atoms with Gasteiger partial charge in [0.2, 0.25) is 0 Å². The summed E-state index contributed by atoms with van der Waals surface area (Å²) >= 11 is 1.84. The van der Waals surface area contributed by atoms with E-state index in [9.17, 15) is 0 Å². The van der Waals surface area contributed by atoms with E-state index in [2.05, 4.69) is 114 Å². The van der Waals surface area contributed by atoms with Gasteiger partial charge in [0.25, 0.3) is 0 Å². The fourth-order valence-corrected chi connectivity index (χ4v) is 8.27. The second kappa shape index (κ2) is 11.6. The smallest absolute Gasteiger partial charge is 0.164 e. The van der Waals surface area contributed by atoms with Gasteiger partial charge in [0.15, 0.2) is 5.82 Å². The summed E-state index contributed by atoms with van der Waals surface area (Å²) in [7, 11) is 0. The van der Waals surface area contributed by atoms with Crippen molar-refractivity contribution >= 4 is 53.4 Å². The standard InChI is InChI=1S/C45H27N3OS/c1-2-9-30(10-3-1)38-27-39(31-19-17-28(18-20-31)29-23-25-46-26-24-29)48-45(47-38)37-22-21-33(42-36-12-4-6-15-40(36)49-43(37)42)35-14-8-13-34-32-11-5-7-16-41(32)50-44(34)35/h1-27H. The van der Waals surface area contributed by atoms with Crippen LogP contribution in [0.5, 0.6) is 0 Å². The van der Waals surface area contributed by atoms with Crippen LogP contribution in [0.25, 0.3) is 98.3 Å². The molecule has 0 saturated carbocycles. The number of hydrogen-bond donors (Lipinski definition) is 0. The summed E-state index contributed by atoms with van der Waals surface area (Å²) < 4.78 is 9.30. The lowest BCUT2D eigenvalue weighted by Crippen LogP contribution is -1.96. The summed E-state index contributed by atoms with van der Waals surface area (Å²) in [6, 6.07) is 52.9. The minimum Gasteiger partial charge on any atom is -0.455 e. The molecule has 234 valence electrons. The minimum atomic E-state index is 0.621. The first-order valence-electron chi connectivity index (χ1n) is 16.6. The van der Waals surface area contributed by atoms with Crippen molar-refractivity contribution in [3.63, 3.8) is 0 Å². The van der Waals surface area contributed by atoms with E-state index in [4.69, 9.17) is 14.4 Å². The van der Waals surface area contributed by atoms with Crippen molar-refractivity contribution in [2.24, 2.45) is 0 Å². The Morgan fingerprint density at radius 2 is 1.10 bits per heavy atom. The highest BCUT2D eigenvalue weighted by molar-refractivity contribution is 7.26. The Morgan fingerprint density at radius 1 is 0.460 bits per heavy atom. The van der Waals surface area contributed by atoms with Crippen molar-refractivity contribution < 1.29 is 4.42 Å². The van der Waals surface area contributed by atoms with E-state index in [1.54, 1.807) is 0 Å². The molecule has 0 bridgehead atoms. The van der Waals surface area contributed by atoms with E-state index in [1.807, 2.05) is 66.2 Å². The maximum Gasteiger partial charge on any atom is 0.164 e. The van der Waals surface area contributed by atoms with Gasteiger partial charge in [0.05, 0.1) is 17.0 Å². The molecule has 0 spiro atoms. The predicted molar refractivity (Wildman–Crippen MR) is 207 cm³/mol. The summed E-state index contributed by atoms with van der Waals surface area (Å²) in [6.45, 7) is 0. The average molecular weight is 658 g/mol. The van der Waals surface area contributed by atoms with Gasteiger partial charge in [-0.3, -0.25) is 4.98 Å². The van der Waals surface area contributed by atoms with Crippen molar-refractivity contribution in [1.82, 2.24) is 15.0 Å². The molecule has 4 nitrogen and oxygen atoms in total. The molecule has 0 radical (unpaired) electrons. The Hall–Kier alpha value is -6.43. The Morgan fingerprint density at radius 3 is 1.92 bits per heavy atom. The van der Waals surface area contributed by atoms with Crippen LogP contribution in [0.3, 0.4) is 0 Å². The monoisotopic (exact) mass is 657 g/mol. The number of rotatable bonds is 5. The summed E-state index contributed by atoms with van der Waals surface area (Å²) in [5.41, 5.74) is 10.8. The molecule has 10 aromatic rings. The number of thiophene rings is 1. The summed E-state index contributed by atoms with van der Waals surface area (Å²) in [5, 5.41) is 4.70. The normalized spacial score (nSPS) is 11.6. The van der Waals surface area contributed by atoms with Gasteiger partial charge in [0.1, 0.15) is 11.2 Å². The van der Waals surface area contributed by atoms with Crippen LogP contribution in [0.1, 0.15) is 0 Å². The first-order chi connectivity index (χ1) is 24.8. The third kappa shape index (κ3) is 4.71. The lowest BCUT2D eigenvalue weighted by Gasteiger charge is -2.12. The third-order valence-electron chi connectivity index (χ3n) is 9.45. The summed E-state index contributed by atoms with van der Waals surface area (Å²) in [5.74, 6) is 0.621. The van der Waals surface area contributed by atoms with E-state index < -0.39 is 0 Å². The molecule has 5 heteroatoms. The second-order valence-electron chi connectivity index (χ2n) is 12.4. The zero-order valence-electron chi connectivity index (χ0n) is 26.7. The number of fused-ring (bicyclic) bond motifs is 6. The number of benzene rings is 6. The highest BCUT2D eigenvalue weighted by Crippen LogP contribution is 2.46. The first-order valence-corrected chi connectivity index (χ1v) is 17.4. The van der Waals surface area contributed by atoms with Crippen LogP contribution in [-0.4, -0.2) is 15.0 Å². The summed E-state index contributed by atoms with van der Waals surface area (Å²) in [4.78, 5) is 14.6. The fraction of sp³-hybridized carbons (Fsp3) is 0. The maximum absolute atomic E-state index is 6.75. The topological polar surface area (TPSA) is 51.8 Å². The molecule has 0 aliphatic rings. The molecule has 0 aliphatic carbocycles. The SMILES string of the molecule is c1ccc(-c2cc(-c3ccc(-c4ccncc4)cc3)nc(-c3ccc(-c4cccc5c4sc4ccccc45)c4c3oc3ccccc34)n2)cc1. The number of pyridine rings is 1. The van der Waals surface area contributed by atoms with Crippen molar-refractivity contribution in [3.8, 4) is 56.2 Å². The van der Waals surface area contributed by atoms with Crippen LogP contribution in [0.2, 0.25) is 0 Å². The molecule has 10 rings (SSSR count). The van der Waals surface area contributed by atoms with Gasteiger partial charge in [-0.2, -0.15) is 0 Å². The Kier molecular flexibility index (Phi) is 6.64. The lowest BCUT2D eigenvalue weighted by molar-refractivity contribution is 0.669. The van der Waals surface area contributed by atoms with Crippen LogP contribution >= 0.6 is 11.3 Å². The van der Waals surface area contributed by atoms with Gasteiger partial charge >= 0.3 is 0 Å². The zero-order chi connectivity index (χ0) is 33.0. The van der Waals surface area contributed by atoms with E-state index in [-0.39, 0.29) is 0 Å². The average Bonchev–Trinajstić information content (AvgIpc) is 3.78. The van der Waals surface area contributed by atoms with E-state index >= 15 is 0 Å². The van der Waals surface area contributed by atoms with E-state index in [0.717, 1.165) is 66.7 Å². The molecule has 4 heterocycles. The largest absolute Gasteiger partial charge is 0.455 e. The maximum atomic E-state index is 6.75. The zero-order valence-corrected chi connectivity index (χ0v) is 27.6. The van der Waals surface area contributed by atoms with Gasteiger partial charge < -0.3 is 4.42 Å². The van der Waals surface area contributed by atoms with Crippen LogP contribution in [-0.2, 0) is 0 Å². The van der Waals surface area contributed by atoms with Gasteiger partial charge in [-0.15, -0.1) is 11.3 Å². The second-order valence-corrected chi connectivity index (χ2v) is 13.4. The lowest BCUT2D eigenvalue weighted by atomic mass is 9.95. The van der Waals surface area contributed by atoms with Crippen LogP contribution in [0.15, 0.2) is 168 Å². The summed E-state index contributed by atoms with van der Waals surface area (Å²) in [6.07, 6.45) is 3.64. The van der Waals surface area contributed by atoms with Crippen LogP contribution in [0.4, 0.5) is 0 Å². The van der Waals surface area contributed by atoms with Gasteiger partial charge in [-0.05, 0) is 53.1 Å².